The van der Waals surface area contributed by atoms with Crippen molar-refractivity contribution >= 4 is 0 Å². The minimum Gasteiger partial charge on any atom is -0.372 e. The van der Waals surface area contributed by atoms with Gasteiger partial charge in [0, 0.05) is 31.9 Å². The molecule has 0 unspecified atom stereocenters. The molecule has 1 aromatic carbocycles. The highest BCUT2D eigenvalue weighted by Crippen LogP contribution is 2.22. The molecule has 0 atom stereocenters. The third-order valence-electron chi connectivity index (χ3n) is 5.29. The molecule has 152 valence electrons. The Labute approximate surface area is 170 Å². The first kappa shape index (κ1) is 22.0. The van der Waals surface area contributed by atoms with E-state index >= 15 is 0 Å². The van der Waals surface area contributed by atoms with Crippen molar-refractivity contribution in [2.24, 2.45) is 0 Å². The molecule has 2 nitrogen and oxygen atoms in total. The van der Waals surface area contributed by atoms with Gasteiger partial charge in [0.15, 0.2) is 0 Å². The van der Waals surface area contributed by atoms with Crippen LogP contribution >= 0.6 is 0 Å². The number of piperazine rings is 1. The molecule has 1 heterocycles. The molecule has 28 heavy (non-hydrogen) atoms. The quantitative estimate of drug-likeness (QED) is 0.481. The van der Waals surface area contributed by atoms with E-state index in [1.807, 2.05) is 12.2 Å². The van der Waals surface area contributed by atoms with Crippen molar-refractivity contribution in [3.8, 4) is 0 Å². The van der Waals surface area contributed by atoms with Gasteiger partial charge in [-0.2, -0.15) is 0 Å². The van der Waals surface area contributed by atoms with E-state index in [2.05, 4.69) is 60.6 Å². The topological polar surface area (TPSA) is 6.48 Å². The van der Waals surface area contributed by atoms with Gasteiger partial charge >= 0.3 is 0 Å². The van der Waals surface area contributed by atoms with Gasteiger partial charge in [-0.25, -0.2) is 4.39 Å². The highest BCUT2D eigenvalue weighted by molar-refractivity contribution is 5.28. The molecule has 1 aliphatic rings. The highest BCUT2D eigenvalue weighted by Gasteiger charge is 2.21. The summed E-state index contributed by atoms with van der Waals surface area (Å²) < 4.78 is 14.3. The number of aryl methyl sites for hydroxylation is 2. The fourth-order valence-corrected chi connectivity index (χ4v) is 3.49. The van der Waals surface area contributed by atoms with E-state index in [0.717, 1.165) is 51.9 Å². The number of hydrogen-bond acceptors (Lipinski definition) is 2. The third kappa shape index (κ3) is 6.40. The monoisotopic (exact) mass is 382 g/mol. The van der Waals surface area contributed by atoms with E-state index in [1.165, 1.54) is 16.8 Å². The van der Waals surface area contributed by atoms with E-state index < -0.39 is 0 Å². The molecule has 0 N–H and O–H groups in total. The maximum atomic E-state index is 14.3. The standard InChI is InChI=1S/C25H35FN2/c1-5-8-9-13-25(24(26)7-3)28-18-16-27(17-19-28)21(4)14-15-23-12-10-11-22(6-2)20-23/h7-13,20H,4-6,14-19H2,1-3H3/b9-8+,24-7+,25-13+. The average molecular weight is 383 g/mol. The lowest BCUT2D eigenvalue weighted by Gasteiger charge is -2.39. The minimum atomic E-state index is -0.149. The van der Waals surface area contributed by atoms with Crippen LogP contribution in [0.4, 0.5) is 4.39 Å². The van der Waals surface area contributed by atoms with E-state index in [0.29, 0.717) is 5.70 Å². The Morgan fingerprint density at radius 1 is 1.11 bits per heavy atom. The predicted octanol–water partition coefficient (Wildman–Crippen LogP) is 6.04. The van der Waals surface area contributed by atoms with Gasteiger partial charge in [0.2, 0.25) is 0 Å². The molecule has 1 aliphatic heterocycles. The van der Waals surface area contributed by atoms with Crippen LogP contribution in [0.2, 0.25) is 0 Å². The molecule has 1 saturated heterocycles. The maximum Gasteiger partial charge on any atom is 0.142 e. The van der Waals surface area contributed by atoms with Crippen molar-refractivity contribution in [1.29, 1.82) is 0 Å². The Bertz CT molecular complexity index is 722. The van der Waals surface area contributed by atoms with Gasteiger partial charge in [0.05, 0.1) is 5.70 Å². The minimum absolute atomic E-state index is 0.149. The maximum absolute atomic E-state index is 14.3. The first-order chi connectivity index (χ1) is 13.6. The van der Waals surface area contributed by atoms with Gasteiger partial charge in [-0.15, -0.1) is 0 Å². The molecule has 3 heteroatoms. The Morgan fingerprint density at radius 2 is 1.79 bits per heavy atom. The average Bonchev–Trinajstić information content (AvgIpc) is 2.75. The zero-order valence-electron chi connectivity index (χ0n) is 17.8. The smallest absolute Gasteiger partial charge is 0.142 e. The fourth-order valence-electron chi connectivity index (χ4n) is 3.49. The van der Waals surface area contributed by atoms with Crippen LogP contribution in [0.1, 0.15) is 44.7 Å². The fraction of sp³-hybridized carbons (Fsp3) is 0.440. The molecule has 0 aromatic heterocycles. The summed E-state index contributed by atoms with van der Waals surface area (Å²) in [5.74, 6) is -0.149. The summed E-state index contributed by atoms with van der Waals surface area (Å²) in [6.45, 7) is 13.7. The zero-order valence-corrected chi connectivity index (χ0v) is 17.8. The Morgan fingerprint density at radius 3 is 2.43 bits per heavy atom. The van der Waals surface area contributed by atoms with Crippen LogP contribution in [0.15, 0.2) is 72.4 Å². The Hall–Kier alpha value is -2.29. The first-order valence-electron chi connectivity index (χ1n) is 10.5. The number of rotatable bonds is 9. The van der Waals surface area contributed by atoms with Crippen LogP contribution in [0.5, 0.6) is 0 Å². The van der Waals surface area contributed by atoms with Crippen molar-refractivity contribution in [3.63, 3.8) is 0 Å². The van der Waals surface area contributed by atoms with Crippen molar-refractivity contribution in [1.82, 2.24) is 9.80 Å². The molecule has 2 rings (SSSR count). The second kappa shape index (κ2) is 11.5. The first-order valence-corrected chi connectivity index (χ1v) is 10.5. The second-order valence-electron chi connectivity index (χ2n) is 7.24. The molecule has 0 bridgehead atoms. The lowest BCUT2D eigenvalue weighted by molar-refractivity contribution is 0.187. The SMILES string of the molecule is C=C(CCc1cccc(CC)c1)N1CCN(C(=C/C=C/CC)/C(F)=C\C)CC1. The van der Waals surface area contributed by atoms with Crippen LogP contribution in [0.25, 0.3) is 0 Å². The van der Waals surface area contributed by atoms with Crippen molar-refractivity contribution < 1.29 is 4.39 Å². The Kier molecular flexibility index (Phi) is 9.06. The molecular weight excluding hydrogens is 347 g/mol. The van der Waals surface area contributed by atoms with Gasteiger partial charge < -0.3 is 9.80 Å². The van der Waals surface area contributed by atoms with Crippen LogP contribution in [-0.4, -0.2) is 36.0 Å². The van der Waals surface area contributed by atoms with Crippen molar-refractivity contribution in [2.75, 3.05) is 26.2 Å². The van der Waals surface area contributed by atoms with Crippen LogP contribution in [-0.2, 0) is 12.8 Å². The third-order valence-corrected chi connectivity index (χ3v) is 5.29. The molecule has 1 aromatic rings. The number of hydrogen-bond donors (Lipinski definition) is 0. The van der Waals surface area contributed by atoms with Gasteiger partial charge in [-0.3, -0.25) is 0 Å². The summed E-state index contributed by atoms with van der Waals surface area (Å²) in [5.41, 5.74) is 4.64. The molecule has 1 fully saturated rings. The molecule has 0 radical (unpaired) electrons. The van der Waals surface area contributed by atoms with Crippen LogP contribution in [0, 0.1) is 0 Å². The largest absolute Gasteiger partial charge is 0.372 e. The number of allylic oxidation sites excluding steroid dienone is 6. The van der Waals surface area contributed by atoms with Gasteiger partial charge in [-0.05, 0) is 55.9 Å². The summed E-state index contributed by atoms with van der Waals surface area (Å²) in [4.78, 5) is 4.50. The van der Waals surface area contributed by atoms with Crippen molar-refractivity contribution in [3.05, 3.63) is 83.5 Å². The molecular formula is C25H35FN2. The van der Waals surface area contributed by atoms with Crippen molar-refractivity contribution in [2.45, 2.75) is 46.5 Å². The van der Waals surface area contributed by atoms with Gasteiger partial charge in [-0.1, -0.05) is 56.8 Å². The lowest BCUT2D eigenvalue weighted by Crippen LogP contribution is -2.45. The number of benzene rings is 1. The Balaban J connectivity index is 1.90. The predicted molar refractivity (Wildman–Crippen MR) is 119 cm³/mol. The zero-order chi connectivity index (χ0) is 20.4. The van der Waals surface area contributed by atoms with E-state index in [9.17, 15) is 4.39 Å². The summed E-state index contributed by atoms with van der Waals surface area (Å²) in [7, 11) is 0. The summed E-state index contributed by atoms with van der Waals surface area (Å²) >= 11 is 0. The van der Waals surface area contributed by atoms with Gasteiger partial charge in [0.25, 0.3) is 0 Å². The highest BCUT2D eigenvalue weighted by atomic mass is 19.1. The molecule has 0 aliphatic carbocycles. The molecule has 0 spiro atoms. The van der Waals surface area contributed by atoms with E-state index in [4.69, 9.17) is 0 Å². The molecule has 0 saturated carbocycles. The normalized spacial score (nSPS) is 16.1. The van der Waals surface area contributed by atoms with E-state index in [-0.39, 0.29) is 5.83 Å². The number of nitrogens with zero attached hydrogens (tertiary/aromatic N) is 2. The molecule has 0 amide bonds. The lowest BCUT2D eigenvalue weighted by atomic mass is 10.0. The summed E-state index contributed by atoms with van der Waals surface area (Å²) in [6.07, 6.45) is 11.5. The van der Waals surface area contributed by atoms with Crippen LogP contribution in [0.3, 0.4) is 0 Å². The summed E-state index contributed by atoms with van der Waals surface area (Å²) in [5, 5.41) is 0. The summed E-state index contributed by atoms with van der Waals surface area (Å²) in [6, 6.07) is 8.83. The second-order valence-corrected chi connectivity index (χ2v) is 7.24. The number of halogens is 1. The van der Waals surface area contributed by atoms with E-state index in [1.54, 1.807) is 13.0 Å². The van der Waals surface area contributed by atoms with Crippen LogP contribution < -0.4 is 0 Å². The van der Waals surface area contributed by atoms with Gasteiger partial charge in [0.1, 0.15) is 5.83 Å².